The molecule has 2 heterocycles. The van der Waals surface area contributed by atoms with E-state index in [4.69, 9.17) is 21.4 Å². The predicted molar refractivity (Wildman–Crippen MR) is 102 cm³/mol. The molecule has 0 aliphatic carbocycles. The topological polar surface area (TPSA) is 97.8 Å². The van der Waals surface area contributed by atoms with Crippen LogP contribution in [0.25, 0.3) is 0 Å². The van der Waals surface area contributed by atoms with Gasteiger partial charge >= 0.3 is 11.9 Å². The third kappa shape index (κ3) is 3.54. The fourth-order valence-electron chi connectivity index (χ4n) is 2.91. The number of rotatable bonds is 5. The van der Waals surface area contributed by atoms with Gasteiger partial charge in [-0.25, -0.2) is 4.79 Å². The molecule has 0 bridgehead atoms. The van der Waals surface area contributed by atoms with E-state index in [1.165, 1.54) is 12.1 Å². The lowest BCUT2D eigenvalue weighted by atomic mass is 9.99. The SMILES string of the molecule is CCOC(=O)C1=C(C)N(c2ccccc2)C(=S)N[C@H]1c1ccc([N+](=O)[O-])o1. The highest BCUT2D eigenvalue weighted by molar-refractivity contribution is 7.80. The molecule has 0 saturated heterocycles. The van der Waals surface area contributed by atoms with Gasteiger partial charge in [0, 0.05) is 11.4 Å². The zero-order valence-corrected chi connectivity index (χ0v) is 15.5. The van der Waals surface area contributed by atoms with Gasteiger partial charge in [0.05, 0.1) is 18.2 Å². The smallest absolute Gasteiger partial charge is 0.433 e. The number of carbonyl (C=O) groups excluding carboxylic acids is 1. The van der Waals surface area contributed by atoms with Crippen LogP contribution in [0.3, 0.4) is 0 Å². The highest BCUT2D eigenvalue weighted by atomic mass is 32.1. The van der Waals surface area contributed by atoms with Gasteiger partial charge < -0.3 is 14.5 Å². The van der Waals surface area contributed by atoms with Crippen molar-refractivity contribution in [3.05, 3.63) is 69.6 Å². The molecule has 140 valence electrons. The van der Waals surface area contributed by atoms with Gasteiger partial charge in [-0.1, -0.05) is 18.2 Å². The van der Waals surface area contributed by atoms with Crippen molar-refractivity contribution in [2.75, 3.05) is 11.5 Å². The minimum atomic E-state index is -0.787. The molecule has 0 radical (unpaired) electrons. The zero-order chi connectivity index (χ0) is 19.6. The third-order valence-electron chi connectivity index (χ3n) is 4.07. The van der Waals surface area contributed by atoms with Crippen LogP contribution in [0.2, 0.25) is 0 Å². The maximum atomic E-state index is 12.7. The molecule has 8 nitrogen and oxygen atoms in total. The minimum absolute atomic E-state index is 0.191. The van der Waals surface area contributed by atoms with Gasteiger partial charge in [0.2, 0.25) is 0 Å². The Bertz CT molecular complexity index is 922. The first-order valence-electron chi connectivity index (χ1n) is 8.21. The Hall–Kier alpha value is -3.20. The average Bonchev–Trinajstić information content (AvgIpc) is 3.12. The van der Waals surface area contributed by atoms with Crippen LogP contribution in [0.15, 0.2) is 58.2 Å². The molecule has 0 amide bonds. The first-order valence-corrected chi connectivity index (χ1v) is 8.62. The van der Waals surface area contributed by atoms with E-state index in [9.17, 15) is 14.9 Å². The van der Waals surface area contributed by atoms with Crippen molar-refractivity contribution < 1.29 is 18.9 Å². The first-order chi connectivity index (χ1) is 12.9. The van der Waals surface area contributed by atoms with Crippen LogP contribution in [-0.4, -0.2) is 22.6 Å². The number of hydrogen-bond acceptors (Lipinski definition) is 6. The Morgan fingerprint density at radius 2 is 2.04 bits per heavy atom. The minimum Gasteiger partial charge on any atom is -0.463 e. The summed E-state index contributed by atoms with van der Waals surface area (Å²) in [6, 6.07) is 11.2. The number of thiocarbonyl (C=S) groups is 1. The second-order valence-corrected chi connectivity index (χ2v) is 6.09. The summed E-state index contributed by atoms with van der Waals surface area (Å²) < 4.78 is 10.5. The summed E-state index contributed by atoms with van der Waals surface area (Å²) in [5.41, 5.74) is 1.61. The molecule has 27 heavy (non-hydrogen) atoms. The molecule has 0 unspecified atom stereocenters. The number of hydrogen-bond donors (Lipinski definition) is 1. The highest BCUT2D eigenvalue weighted by Crippen LogP contribution is 2.35. The second kappa shape index (κ2) is 7.58. The molecule has 1 aliphatic heterocycles. The molecule has 3 rings (SSSR count). The van der Waals surface area contributed by atoms with Crippen molar-refractivity contribution in [2.24, 2.45) is 0 Å². The van der Waals surface area contributed by atoms with E-state index in [0.29, 0.717) is 10.8 Å². The fourth-order valence-corrected chi connectivity index (χ4v) is 3.27. The monoisotopic (exact) mass is 387 g/mol. The molecule has 0 fully saturated rings. The number of nitrogens with zero attached hydrogens (tertiary/aromatic N) is 2. The van der Waals surface area contributed by atoms with E-state index in [0.717, 1.165) is 5.69 Å². The van der Waals surface area contributed by atoms with Crippen molar-refractivity contribution in [3.63, 3.8) is 0 Å². The predicted octanol–water partition coefficient (Wildman–Crippen LogP) is 3.46. The number of carbonyl (C=O) groups is 1. The van der Waals surface area contributed by atoms with Gasteiger partial charge in [0.15, 0.2) is 5.11 Å². The van der Waals surface area contributed by atoms with Crippen LogP contribution in [0, 0.1) is 10.1 Å². The van der Waals surface area contributed by atoms with E-state index in [1.54, 1.807) is 18.7 Å². The Labute approximate surface area is 160 Å². The molecule has 1 atom stereocenters. The lowest BCUT2D eigenvalue weighted by molar-refractivity contribution is -0.402. The van der Waals surface area contributed by atoms with E-state index >= 15 is 0 Å². The quantitative estimate of drug-likeness (QED) is 0.360. The molecule has 0 spiro atoms. The van der Waals surface area contributed by atoms with E-state index in [2.05, 4.69) is 5.32 Å². The summed E-state index contributed by atoms with van der Waals surface area (Å²) in [6.07, 6.45) is 0. The van der Waals surface area contributed by atoms with Crippen molar-refractivity contribution in [3.8, 4) is 0 Å². The Morgan fingerprint density at radius 1 is 1.33 bits per heavy atom. The largest absolute Gasteiger partial charge is 0.463 e. The van der Waals surface area contributed by atoms with Gasteiger partial charge in [-0.3, -0.25) is 15.0 Å². The molecule has 9 heteroatoms. The van der Waals surface area contributed by atoms with Gasteiger partial charge in [0.1, 0.15) is 16.7 Å². The normalized spacial score (nSPS) is 16.9. The second-order valence-electron chi connectivity index (χ2n) is 5.71. The maximum Gasteiger partial charge on any atom is 0.433 e. The Morgan fingerprint density at radius 3 is 2.63 bits per heavy atom. The lowest BCUT2D eigenvalue weighted by Gasteiger charge is -2.36. The van der Waals surface area contributed by atoms with Crippen LogP contribution in [0.4, 0.5) is 11.6 Å². The molecule has 0 saturated carbocycles. The van der Waals surface area contributed by atoms with Crippen molar-refractivity contribution in [1.82, 2.24) is 5.32 Å². The van der Waals surface area contributed by atoms with Crippen LogP contribution >= 0.6 is 12.2 Å². The highest BCUT2D eigenvalue weighted by Gasteiger charge is 2.37. The van der Waals surface area contributed by atoms with Crippen LogP contribution < -0.4 is 10.2 Å². The van der Waals surface area contributed by atoms with Crippen molar-refractivity contribution in [2.45, 2.75) is 19.9 Å². The van der Waals surface area contributed by atoms with Gasteiger partial charge in [-0.05, 0) is 44.3 Å². The first kappa shape index (κ1) is 18.6. The number of anilines is 1. The van der Waals surface area contributed by atoms with Crippen LogP contribution in [0.1, 0.15) is 25.6 Å². The van der Waals surface area contributed by atoms with Crippen molar-refractivity contribution >= 4 is 34.9 Å². The molecule has 1 aromatic heterocycles. The van der Waals surface area contributed by atoms with Crippen molar-refractivity contribution in [1.29, 1.82) is 0 Å². The number of benzene rings is 1. The maximum absolute atomic E-state index is 12.7. The van der Waals surface area contributed by atoms with E-state index in [-0.39, 0.29) is 17.9 Å². The molecule has 1 N–H and O–H groups in total. The zero-order valence-electron chi connectivity index (χ0n) is 14.7. The summed E-state index contributed by atoms with van der Waals surface area (Å²) in [5, 5.41) is 14.3. The lowest BCUT2D eigenvalue weighted by Crippen LogP contribution is -2.48. The van der Waals surface area contributed by atoms with E-state index < -0.39 is 22.8 Å². The molecule has 1 aliphatic rings. The Balaban J connectivity index is 2.11. The number of allylic oxidation sites excluding steroid dienone is 1. The summed E-state index contributed by atoms with van der Waals surface area (Å²) in [7, 11) is 0. The summed E-state index contributed by atoms with van der Waals surface area (Å²) in [5.74, 6) is -0.752. The molecular formula is C18H17N3O5S. The van der Waals surface area contributed by atoms with Gasteiger partial charge in [-0.15, -0.1) is 0 Å². The summed E-state index contributed by atoms with van der Waals surface area (Å²) in [6.45, 7) is 3.64. The summed E-state index contributed by atoms with van der Waals surface area (Å²) in [4.78, 5) is 24.7. The number of nitrogens with one attached hydrogen (secondary N) is 1. The average molecular weight is 387 g/mol. The Kier molecular flexibility index (Phi) is 5.22. The fraction of sp³-hybridized carbons (Fsp3) is 0.222. The number of para-hydroxylation sites is 1. The van der Waals surface area contributed by atoms with E-state index in [1.807, 2.05) is 30.3 Å². The number of furan rings is 1. The van der Waals surface area contributed by atoms with Crippen LogP contribution in [-0.2, 0) is 9.53 Å². The standard InChI is InChI=1S/C18H17N3O5S/c1-3-25-17(22)15-11(2)20(12-7-5-4-6-8-12)18(27)19-16(15)13-9-10-14(26-13)21(23)24/h4-10,16H,3H2,1-2H3,(H,19,27)/t16-/m0/s1. The third-order valence-corrected chi connectivity index (χ3v) is 4.37. The van der Waals surface area contributed by atoms with Gasteiger partial charge in [0.25, 0.3) is 0 Å². The summed E-state index contributed by atoms with van der Waals surface area (Å²) >= 11 is 5.48. The molecule has 2 aromatic rings. The molecular weight excluding hydrogens is 370 g/mol. The van der Waals surface area contributed by atoms with Crippen LogP contribution in [0.5, 0.6) is 0 Å². The van der Waals surface area contributed by atoms with Gasteiger partial charge in [-0.2, -0.15) is 0 Å². The molecule has 1 aromatic carbocycles. The number of esters is 1. The number of ether oxygens (including phenoxy) is 1. The number of nitro groups is 1.